The number of rotatable bonds is 3. The van der Waals surface area contributed by atoms with Crippen LogP contribution in [0.4, 0.5) is 0 Å². The van der Waals surface area contributed by atoms with E-state index in [0.717, 1.165) is 6.54 Å². The molecule has 1 saturated heterocycles. The maximum atomic E-state index is 9.50. The molecule has 0 spiro atoms. The van der Waals surface area contributed by atoms with Gasteiger partial charge in [-0.1, -0.05) is 62.4 Å². The molecule has 1 heterocycles. The second kappa shape index (κ2) is 7.39. The molecule has 1 aromatic rings. The average molecular weight is 289 g/mol. The Balaban J connectivity index is 1.76. The van der Waals surface area contributed by atoms with Crippen molar-refractivity contribution in [3.8, 4) is 0 Å². The van der Waals surface area contributed by atoms with Crippen molar-refractivity contribution in [1.82, 2.24) is 4.90 Å². The lowest BCUT2D eigenvalue weighted by Gasteiger charge is -2.33. The molecule has 21 heavy (non-hydrogen) atoms. The third kappa shape index (κ3) is 3.65. The smallest absolute Gasteiger partial charge is 0.137 e. The minimum atomic E-state index is -0.0411. The first-order chi connectivity index (χ1) is 10.4. The molecule has 0 unspecified atom stereocenters. The van der Waals surface area contributed by atoms with Crippen molar-refractivity contribution >= 4 is 0 Å². The zero-order valence-electron chi connectivity index (χ0n) is 12.8. The van der Waals surface area contributed by atoms with Gasteiger partial charge in [-0.05, 0) is 18.4 Å². The number of ether oxygens (including phenoxy) is 1. The highest BCUT2D eigenvalue weighted by Gasteiger charge is 2.37. The summed E-state index contributed by atoms with van der Waals surface area (Å²) in [4.78, 5) is 2.50. The Morgan fingerprint density at radius 3 is 2.33 bits per heavy atom. The van der Waals surface area contributed by atoms with Crippen LogP contribution in [0.5, 0.6) is 0 Å². The summed E-state index contributed by atoms with van der Waals surface area (Å²) < 4.78 is 6.11. The van der Waals surface area contributed by atoms with Gasteiger partial charge in [-0.15, -0.1) is 0 Å². The minimum absolute atomic E-state index is 0.0211. The maximum absolute atomic E-state index is 9.50. The molecule has 1 N–H and O–H groups in total. The van der Waals surface area contributed by atoms with Gasteiger partial charge in [0.15, 0.2) is 0 Å². The number of hydrogen-bond acceptors (Lipinski definition) is 3. The normalized spacial score (nSPS) is 29.2. The Hall–Kier alpha value is -0.900. The van der Waals surface area contributed by atoms with Gasteiger partial charge < -0.3 is 9.84 Å². The Morgan fingerprint density at radius 1 is 1.00 bits per heavy atom. The second-order valence-corrected chi connectivity index (χ2v) is 6.40. The van der Waals surface area contributed by atoms with Crippen molar-refractivity contribution in [2.75, 3.05) is 13.2 Å². The largest absolute Gasteiger partial charge is 0.394 e. The van der Waals surface area contributed by atoms with Crippen LogP contribution in [0.15, 0.2) is 30.3 Å². The lowest BCUT2D eigenvalue weighted by atomic mass is 9.95. The summed E-state index contributed by atoms with van der Waals surface area (Å²) in [6, 6.07) is 11.1. The Kier molecular flexibility index (Phi) is 5.28. The number of aliphatic hydroxyl groups excluding tert-OH is 1. The summed E-state index contributed by atoms with van der Waals surface area (Å²) in [5.41, 5.74) is 1.22. The van der Waals surface area contributed by atoms with E-state index in [1.807, 2.05) is 6.07 Å². The molecule has 1 aliphatic heterocycles. The van der Waals surface area contributed by atoms with Gasteiger partial charge in [0.05, 0.1) is 12.7 Å². The van der Waals surface area contributed by atoms with E-state index in [-0.39, 0.29) is 18.9 Å². The van der Waals surface area contributed by atoms with Crippen molar-refractivity contribution in [2.24, 2.45) is 0 Å². The third-order valence-corrected chi connectivity index (χ3v) is 4.87. The SMILES string of the molecule is OC[C@H]1CN(C2CCCCCCC2)[C@H](c2ccccc2)O1. The summed E-state index contributed by atoms with van der Waals surface area (Å²) in [5, 5.41) is 9.50. The fourth-order valence-electron chi connectivity index (χ4n) is 3.73. The van der Waals surface area contributed by atoms with E-state index in [0.29, 0.717) is 6.04 Å². The standard InChI is InChI=1S/C18H27NO2/c20-14-17-13-19(16-11-7-2-1-3-8-12-16)18(21-17)15-9-5-4-6-10-15/h4-6,9-10,16-18,20H,1-3,7-8,11-14H2/t17-,18+/m1/s1. The molecule has 3 nitrogen and oxygen atoms in total. The molecule has 3 heteroatoms. The lowest BCUT2D eigenvalue weighted by Crippen LogP contribution is -2.36. The summed E-state index contributed by atoms with van der Waals surface area (Å²) in [5.74, 6) is 0. The predicted octanol–water partition coefficient (Wildman–Crippen LogP) is 3.49. The van der Waals surface area contributed by atoms with Crippen molar-refractivity contribution in [1.29, 1.82) is 0 Å². The molecule has 116 valence electrons. The first kappa shape index (κ1) is 15.0. The molecule has 2 atom stereocenters. The Morgan fingerprint density at radius 2 is 1.67 bits per heavy atom. The van der Waals surface area contributed by atoms with E-state index >= 15 is 0 Å². The first-order valence-electron chi connectivity index (χ1n) is 8.45. The van der Waals surface area contributed by atoms with Crippen molar-refractivity contribution < 1.29 is 9.84 Å². The van der Waals surface area contributed by atoms with E-state index in [9.17, 15) is 5.11 Å². The topological polar surface area (TPSA) is 32.7 Å². The monoisotopic (exact) mass is 289 g/mol. The molecular weight excluding hydrogens is 262 g/mol. The molecule has 3 rings (SSSR count). The average Bonchev–Trinajstić information content (AvgIpc) is 2.92. The van der Waals surface area contributed by atoms with Crippen LogP contribution in [-0.4, -0.2) is 35.3 Å². The molecule has 0 radical (unpaired) electrons. The van der Waals surface area contributed by atoms with Crippen LogP contribution in [0.25, 0.3) is 0 Å². The van der Waals surface area contributed by atoms with Gasteiger partial charge in [0.1, 0.15) is 6.23 Å². The predicted molar refractivity (Wildman–Crippen MR) is 84.0 cm³/mol. The Bertz CT molecular complexity index is 414. The number of benzene rings is 1. The van der Waals surface area contributed by atoms with Gasteiger partial charge in [-0.3, -0.25) is 4.90 Å². The molecule has 2 fully saturated rings. The van der Waals surface area contributed by atoms with E-state index in [1.165, 1.54) is 50.5 Å². The summed E-state index contributed by atoms with van der Waals surface area (Å²) >= 11 is 0. The van der Waals surface area contributed by atoms with Crippen LogP contribution < -0.4 is 0 Å². The molecule has 1 aliphatic carbocycles. The van der Waals surface area contributed by atoms with Gasteiger partial charge in [0.25, 0.3) is 0 Å². The second-order valence-electron chi connectivity index (χ2n) is 6.40. The fraction of sp³-hybridized carbons (Fsp3) is 0.667. The molecule has 2 aliphatic rings. The number of hydrogen-bond donors (Lipinski definition) is 1. The summed E-state index contributed by atoms with van der Waals surface area (Å²) in [6.07, 6.45) is 9.29. The minimum Gasteiger partial charge on any atom is -0.394 e. The van der Waals surface area contributed by atoms with Crippen molar-refractivity contribution in [2.45, 2.75) is 63.3 Å². The van der Waals surface area contributed by atoms with Crippen molar-refractivity contribution in [3.05, 3.63) is 35.9 Å². The van der Waals surface area contributed by atoms with E-state index in [1.54, 1.807) is 0 Å². The van der Waals surface area contributed by atoms with E-state index in [4.69, 9.17) is 4.74 Å². The molecule has 0 bridgehead atoms. The Labute approximate surface area is 127 Å². The molecule has 1 aromatic carbocycles. The molecule has 0 aromatic heterocycles. The number of nitrogens with zero attached hydrogens (tertiary/aromatic N) is 1. The lowest BCUT2D eigenvalue weighted by molar-refractivity contribution is -0.0330. The quantitative estimate of drug-likeness (QED) is 0.924. The zero-order valence-corrected chi connectivity index (χ0v) is 12.8. The van der Waals surface area contributed by atoms with Crippen LogP contribution in [0, 0.1) is 0 Å². The number of aliphatic hydroxyl groups is 1. The van der Waals surface area contributed by atoms with Crippen LogP contribution in [0.2, 0.25) is 0 Å². The van der Waals surface area contributed by atoms with E-state index in [2.05, 4.69) is 29.2 Å². The summed E-state index contributed by atoms with van der Waals surface area (Å²) in [6.45, 7) is 0.979. The van der Waals surface area contributed by atoms with Gasteiger partial charge in [-0.25, -0.2) is 0 Å². The van der Waals surface area contributed by atoms with E-state index < -0.39 is 0 Å². The van der Waals surface area contributed by atoms with Crippen LogP contribution >= 0.6 is 0 Å². The van der Waals surface area contributed by atoms with Crippen molar-refractivity contribution in [3.63, 3.8) is 0 Å². The van der Waals surface area contributed by atoms with Crippen LogP contribution in [0.3, 0.4) is 0 Å². The zero-order chi connectivity index (χ0) is 14.5. The maximum Gasteiger partial charge on any atom is 0.137 e. The van der Waals surface area contributed by atoms with Crippen LogP contribution in [-0.2, 0) is 4.74 Å². The highest BCUT2D eigenvalue weighted by Crippen LogP contribution is 2.35. The first-order valence-corrected chi connectivity index (χ1v) is 8.45. The van der Waals surface area contributed by atoms with Gasteiger partial charge in [-0.2, -0.15) is 0 Å². The molecule has 1 saturated carbocycles. The third-order valence-electron chi connectivity index (χ3n) is 4.87. The van der Waals surface area contributed by atoms with Crippen LogP contribution in [0.1, 0.15) is 56.7 Å². The van der Waals surface area contributed by atoms with Gasteiger partial charge in [0.2, 0.25) is 0 Å². The molecular formula is C18H27NO2. The van der Waals surface area contributed by atoms with Gasteiger partial charge >= 0.3 is 0 Å². The summed E-state index contributed by atoms with van der Waals surface area (Å²) in [7, 11) is 0. The van der Waals surface area contributed by atoms with Gasteiger partial charge in [0, 0.05) is 12.6 Å². The highest BCUT2D eigenvalue weighted by molar-refractivity contribution is 5.18. The molecule has 0 amide bonds. The fourth-order valence-corrected chi connectivity index (χ4v) is 3.73. The highest BCUT2D eigenvalue weighted by atomic mass is 16.5.